The lowest BCUT2D eigenvalue weighted by Gasteiger charge is -2.08. The van der Waals surface area contributed by atoms with E-state index in [0.717, 1.165) is 0 Å². The first-order valence-corrected chi connectivity index (χ1v) is 4.88. The Kier molecular flexibility index (Phi) is 4.39. The number of nitrogens with two attached hydrogens (primary N) is 1. The van der Waals surface area contributed by atoms with Crippen LogP contribution >= 0.6 is 11.6 Å². The SMILES string of the molecule is NCCCOc1cc(Cl)ccc1C(=O)O. The number of ether oxygens (including phenoxy) is 1. The number of carboxylic acid groups (broad SMARTS) is 1. The maximum Gasteiger partial charge on any atom is 0.339 e. The van der Waals surface area contributed by atoms with Gasteiger partial charge in [-0.15, -0.1) is 0 Å². The minimum absolute atomic E-state index is 0.108. The van der Waals surface area contributed by atoms with Gasteiger partial charge in [0.2, 0.25) is 0 Å². The summed E-state index contributed by atoms with van der Waals surface area (Å²) in [6, 6.07) is 4.42. The summed E-state index contributed by atoms with van der Waals surface area (Å²) in [6.07, 6.45) is 0.672. The zero-order chi connectivity index (χ0) is 11.3. The molecule has 0 spiro atoms. The molecular formula is C10H12ClNO3. The lowest BCUT2D eigenvalue weighted by Crippen LogP contribution is -2.08. The second-order valence-electron chi connectivity index (χ2n) is 2.94. The highest BCUT2D eigenvalue weighted by molar-refractivity contribution is 6.30. The first-order chi connectivity index (χ1) is 7.15. The molecule has 0 unspecified atom stereocenters. The van der Waals surface area contributed by atoms with Crippen LogP contribution in [0.3, 0.4) is 0 Å². The molecule has 1 aromatic rings. The van der Waals surface area contributed by atoms with Crippen LogP contribution in [-0.2, 0) is 0 Å². The Labute approximate surface area is 92.6 Å². The average Bonchev–Trinajstić information content (AvgIpc) is 2.18. The molecule has 0 saturated carbocycles. The third-order valence-electron chi connectivity index (χ3n) is 1.78. The normalized spacial score (nSPS) is 10.0. The zero-order valence-corrected chi connectivity index (χ0v) is 8.83. The molecule has 0 atom stereocenters. The molecule has 0 aliphatic rings. The number of aromatic carboxylic acids is 1. The number of rotatable bonds is 5. The van der Waals surface area contributed by atoms with E-state index in [1.807, 2.05) is 0 Å². The first-order valence-electron chi connectivity index (χ1n) is 4.51. The number of hydrogen-bond donors (Lipinski definition) is 2. The van der Waals surface area contributed by atoms with Crippen molar-refractivity contribution in [3.8, 4) is 5.75 Å². The van der Waals surface area contributed by atoms with Crippen LogP contribution in [0.2, 0.25) is 5.02 Å². The topological polar surface area (TPSA) is 72.5 Å². The van der Waals surface area contributed by atoms with E-state index in [1.165, 1.54) is 18.2 Å². The van der Waals surface area contributed by atoms with E-state index >= 15 is 0 Å². The highest BCUT2D eigenvalue weighted by Crippen LogP contribution is 2.23. The molecule has 0 saturated heterocycles. The van der Waals surface area contributed by atoms with Gasteiger partial charge in [-0.1, -0.05) is 11.6 Å². The summed E-state index contributed by atoms with van der Waals surface area (Å²) in [5.41, 5.74) is 5.41. The average molecular weight is 230 g/mol. The number of halogens is 1. The van der Waals surface area contributed by atoms with E-state index in [0.29, 0.717) is 24.6 Å². The Morgan fingerprint density at radius 3 is 2.87 bits per heavy atom. The fourth-order valence-corrected chi connectivity index (χ4v) is 1.22. The number of hydrogen-bond acceptors (Lipinski definition) is 3. The fourth-order valence-electron chi connectivity index (χ4n) is 1.06. The van der Waals surface area contributed by atoms with Gasteiger partial charge in [0.15, 0.2) is 0 Å². The Morgan fingerprint density at radius 2 is 2.27 bits per heavy atom. The van der Waals surface area contributed by atoms with Crippen molar-refractivity contribution in [3.05, 3.63) is 28.8 Å². The van der Waals surface area contributed by atoms with Crippen LogP contribution in [0, 0.1) is 0 Å². The van der Waals surface area contributed by atoms with E-state index < -0.39 is 5.97 Å². The van der Waals surface area contributed by atoms with Gasteiger partial charge >= 0.3 is 5.97 Å². The second-order valence-corrected chi connectivity index (χ2v) is 3.37. The predicted molar refractivity (Wildman–Crippen MR) is 57.6 cm³/mol. The van der Waals surface area contributed by atoms with E-state index in [-0.39, 0.29) is 11.3 Å². The van der Waals surface area contributed by atoms with Crippen LogP contribution in [0.15, 0.2) is 18.2 Å². The van der Waals surface area contributed by atoms with Crippen molar-refractivity contribution in [1.29, 1.82) is 0 Å². The van der Waals surface area contributed by atoms with Crippen LogP contribution < -0.4 is 10.5 Å². The minimum atomic E-state index is -1.03. The summed E-state index contributed by atoms with van der Waals surface area (Å²) in [5.74, 6) is -0.752. The molecule has 0 aliphatic carbocycles. The molecule has 0 fully saturated rings. The monoisotopic (exact) mass is 229 g/mol. The van der Waals surface area contributed by atoms with Crippen molar-refractivity contribution < 1.29 is 14.6 Å². The maximum atomic E-state index is 10.8. The molecule has 0 heterocycles. The van der Waals surface area contributed by atoms with Crippen LogP contribution in [0.25, 0.3) is 0 Å². The van der Waals surface area contributed by atoms with E-state index in [9.17, 15) is 4.79 Å². The zero-order valence-electron chi connectivity index (χ0n) is 8.07. The van der Waals surface area contributed by atoms with E-state index in [4.69, 9.17) is 27.2 Å². The van der Waals surface area contributed by atoms with Gasteiger partial charge in [-0.2, -0.15) is 0 Å². The van der Waals surface area contributed by atoms with Crippen molar-refractivity contribution in [2.45, 2.75) is 6.42 Å². The molecule has 15 heavy (non-hydrogen) atoms. The Balaban J connectivity index is 2.82. The molecule has 0 amide bonds. The molecule has 0 bridgehead atoms. The molecular weight excluding hydrogens is 218 g/mol. The number of carbonyl (C=O) groups is 1. The maximum absolute atomic E-state index is 10.8. The van der Waals surface area contributed by atoms with Crippen molar-refractivity contribution in [1.82, 2.24) is 0 Å². The van der Waals surface area contributed by atoms with E-state index in [2.05, 4.69) is 0 Å². The van der Waals surface area contributed by atoms with Crippen LogP contribution in [0.4, 0.5) is 0 Å². The van der Waals surface area contributed by atoms with Crippen molar-refractivity contribution in [2.75, 3.05) is 13.2 Å². The summed E-state index contributed by atoms with van der Waals surface area (Å²) in [4.78, 5) is 10.8. The summed E-state index contributed by atoms with van der Waals surface area (Å²) < 4.78 is 5.27. The van der Waals surface area contributed by atoms with E-state index in [1.54, 1.807) is 0 Å². The third kappa shape index (κ3) is 3.42. The molecule has 5 heteroatoms. The molecule has 4 nitrogen and oxygen atoms in total. The van der Waals surface area contributed by atoms with Crippen molar-refractivity contribution >= 4 is 17.6 Å². The number of benzene rings is 1. The second kappa shape index (κ2) is 5.58. The molecule has 82 valence electrons. The Hall–Kier alpha value is -1.26. The molecule has 0 radical (unpaired) electrons. The predicted octanol–water partition coefficient (Wildman–Crippen LogP) is 1.77. The van der Waals surface area contributed by atoms with Gasteiger partial charge < -0.3 is 15.6 Å². The molecule has 0 aromatic heterocycles. The molecule has 3 N–H and O–H groups in total. The quantitative estimate of drug-likeness (QED) is 0.755. The minimum Gasteiger partial charge on any atom is -0.493 e. The number of carboxylic acids is 1. The highest BCUT2D eigenvalue weighted by atomic mass is 35.5. The first kappa shape index (κ1) is 11.8. The smallest absolute Gasteiger partial charge is 0.339 e. The van der Waals surface area contributed by atoms with Crippen LogP contribution in [-0.4, -0.2) is 24.2 Å². The Bertz CT molecular complexity index is 355. The summed E-state index contributed by atoms with van der Waals surface area (Å²) in [5, 5.41) is 9.31. The third-order valence-corrected chi connectivity index (χ3v) is 2.02. The van der Waals surface area contributed by atoms with Gasteiger partial charge in [0.25, 0.3) is 0 Å². The van der Waals surface area contributed by atoms with Crippen molar-refractivity contribution in [2.24, 2.45) is 5.73 Å². The van der Waals surface area contributed by atoms with Gasteiger partial charge in [-0.25, -0.2) is 4.79 Å². The van der Waals surface area contributed by atoms with Crippen molar-refractivity contribution in [3.63, 3.8) is 0 Å². The van der Waals surface area contributed by atoms with Gasteiger partial charge in [0.1, 0.15) is 11.3 Å². The Morgan fingerprint density at radius 1 is 1.53 bits per heavy atom. The summed E-state index contributed by atoms with van der Waals surface area (Å²) >= 11 is 5.74. The molecule has 1 aromatic carbocycles. The van der Waals surface area contributed by atoms with Gasteiger partial charge in [-0.3, -0.25) is 0 Å². The molecule has 1 rings (SSSR count). The standard InChI is InChI=1S/C10H12ClNO3/c11-7-2-3-8(10(13)14)9(6-7)15-5-1-4-12/h2-3,6H,1,4-5,12H2,(H,13,14). The molecule has 0 aliphatic heterocycles. The van der Waals surface area contributed by atoms with Gasteiger partial charge in [-0.05, 0) is 31.2 Å². The fraction of sp³-hybridized carbons (Fsp3) is 0.300. The highest BCUT2D eigenvalue weighted by Gasteiger charge is 2.11. The van der Waals surface area contributed by atoms with Gasteiger partial charge in [0, 0.05) is 5.02 Å². The largest absolute Gasteiger partial charge is 0.493 e. The van der Waals surface area contributed by atoms with Crippen LogP contribution in [0.1, 0.15) is 16.8 Å². The lowest BCUT2D eigenvalue weighted by molar-refractivity contribution is 0.0692. The van der Waals surface area contributed by atoms with Gasteiger partial charge in [0.05, 0.1) is 6.61 Å². The summed E-state index contributed by atoms with van der Waals surface area (Å²) in [7, 11) is 0. The van der Waals surface area contributed by atoms with Crippen LogP contribution in [0.5, 0.6) is 5.75 Å². The lowest BCUT2D eigenvalue weighted by atomic mass is 10.2. The summed E-state index contributed by atoms with van der Waals surface area (Å²) in [6.45, 7) is 0.889.